The predicted octanol–water partition coefficient (Wildman–Crippen LogP) is 1.91. The van der Waals surface area contributed by atoms with E-state index in [1.807, 2.05) is 6.26 Å². The van der Waals surface area contributed by atoms with Crippen molar-refractivity contribution in [2.24, 2.45) is 5.92 Å². The average Bonchev–Trinajstić information content (AvgIpc) is 2.45. The minimum Gasteiger partial charge on any atom is -0.381 e. The Labute approximate surface area is 111 Å². The molecule has 1 saturated heterocycles. The molecule has 18 heavy (non-hydrogen) atoms. The van der Waals surface area contributed by atoms with Crippen molar-refractivity contribution >= 4 is 17.6 Å². The van der Waals surface area contributed by atoms with Gasteiger partial charge in [0.2, 0.25) is 0 Å². The van der Waals surface area contributed by atoms with E-state index in [2.05, 4.69) is 21.4 Å². The topological polar surface area (TPSA) is 70.8 Å². The molecule has 2 heterocycles. The fourth-order valence-corrected chi connectivity index (χ4v) is 2.21. The molecule has 6 heteroatoms. The molecule has 0 bridgehead atoms. The highest BCUT2D eigenvalue weighted by molar-refractivity contribution is 7.98. The SMILES string of the molecule is CSc1ncc(C#N)c(NCC2CCOCC2)n1. The number of rotatable bonds is 4. The molecule has 1 fully saturated rings. The summed E-state index contributed by atoms with van der Waals surface area (Å²) in [6, 6.07) is 2.11. The van der Waals surface area contributed by atoms with Gasteiger partial charge in [-0.3, -0.25) is 0 Å². The lowest BCUT2D eigenvalue weighted by Gasteiger charge is -2.22. The monoisotopic (exact) mass is 264 g/mol. The van der Waals surface area contributed by atoms with Crippen LogP contribution < -0.4 is 5.32 Å². The van der Waals surface area contributed by atoms with Crippen LogP contribution in [-0.4, -0.2) is 36.0 Å². The summed E-state index contributed by atoms with van der Waals surface area (Å²) in [4.78, 5) is 8.43. The van der Waals surface area contributed by atoms with Gasteiger partial charge >= 0.3 is 0 Å². The average molecular weight is 264 g/mol. The van der Waals surface area contributed by atoms with E-state index in [0.29, 0.717) is 22.5 Å². The number of nitriles is 1. The maximum absolute atomic E-state index is 9.02. The van der Waals surface area contributed by atoms with Gasteiger partial charge in [0.1, 0.15) is 17.5 Å². The minimum absolute atomic E-state index is 0.500. The third kappa shape index (κ3) is 3.34. The van der Waals surface area contributed by atoms with Gasteiger partial charge in [-0.15, -0.1) is 0 Å². The van der Waals surface area contributed by atoms with Gasteiger partial charge in [0.25, 0.3) is 0 Å². The van der Waals surface area contributed by atoms with Gasteiger partial charge in [0.05, 0.1) is 6.20 Å². The van der Waals surface area contributed by atoms with Crippen LogP contribution in [0.15, 0.2) is 11.4 Å². The van der Waals surface area contributed by atoms with E-state index < -0.39 is 0 Å². The number of hydrogen-bond acceptors (Lipinski definition) is 6. The summed E-state index contributed by atoms with van der Waals surface area (Å²) in [5.41, 5.74) is 0.500. The zero-order valence-electron chi connectivity index (χ0n) is 10.3. The van der Waals surface area contributed by atoms with Gasteiger partial charge in [-0.25, -0.2) is 9.97 Å². The molecule has 0 amide bonds. The zero-order chi connectivity index (χ0) is 12.8. The Hall–Kier alpha value is -1.32. The van der Waals surface area contributed by atoms with Crippen LogP contribution in [0.5, 0.6) is 0 Å². The van der Waals surface area contributed by atoms with E-state index in [1.165, 1.54) is 11.8 Å². The summed E-state index contributed by atoms with van der Waals surface area (Å²) >= 11 is 1.47. The summed E-state index contributed by atoms with van der Waals surface area (Å²) in [6.45, 7) is 2.50. The van der Waals surface area contributed by atoms with Crippen LogP contribution in [0.2, 0.25) is 0 Å². The molecule has 1 N–H and O–H groups in total. The molecule has 1 aromatic heterocycles. The molecule has 0 spiro atoms. The Bertz CT molecular complexity index is 440. The summed E-state index contributed by atoms with van der Waals surface area (Å²) in [7, 11) is 0. The van der Waals surface area contributed by atoms with Gasteiger partial charge < -0.3 is 10.1 Å². The Kier molecular flexibility index (Phi) is 4.79. The highest BCUT2D eigenvalue weighted by Gasteiger charge is 2.14. The summed E-state index contributed by atoms with van der Waals surface area (Å²) < 4.78 is 5.32. The molecule has 0 atom stereocenters. The molecule has 0 aliphatic carbocycles. The Morgan fingerprint density at radius 2 is 2.33 bits per heavy atom. The van der Waals surface area contributed by atoms with E-state index in [4.69, 9.17) is 10.00 Å². The first-order chi connectivity index (χ1) is 8.83. The standard InChI is InChI=1S/C12H16N4OS/c1-18-12-15-8-10(6-13)11(16-12)14-7-9-2-4-17-5-3-9/h8-9H,2-5,7H2,1H3,(H,14,15,16). The van der Waals surface area contributed by atoms with Gasteiger partial charge in [-0.1, -0.05) is 11.8 Å². The number of nitrogens with zero attached hydrogens (tertiary/aromatic N) is 3. The van der Waals surface area contributed by atoms with Crippen LogP contribution in [0.1, 0.15) is 18.4 Å². The van der Waals surface area contributed by atoms with Gasteiger partial charge in [0, 0.05) is 19.8 Å². The number of aromatic nitrogens is 2. The molecule has 0 saturated carbocycles. The Balaban J connectivity index is 2.00. The maximum Gasteiger partial charge on any atom is 0.189 e. The van der Waals surface area contributed by atoms with Crippen molar-refractivity contribution < 1.29 is 4.74 Å². The largest absolute Gasteiger partial charge is 0.381 e. The maximum atomic E-state index is 9.02. The van der Waals surface area contributed by atoms with Crippen molar-refractivity contribution in [3.05, 3.63) is 11.8 Å². The third-order valence-electron chi connectivity index (χ3n) is 2.97. The first-order valence-corrected chi connectivity index (χ1v) is 7.18. The van der Waals surface area contributed by atoms with E-state index >= 15 is 0 Å². The number of nitrogens with one attached hydrogen (secondary N) is 1. The quantitative estimate of drug-likeness (QED) is 0.661. The number of anilines is 1. The highest BCUT2D eigenvalue weighted by atomic mass is 32.2. The number of hydrogen-bond donors (Lipinski definition) is 1. The first kappa shape index (κ1) is 13.1. The van der Waals surface area contributed by atoms with Crippen LogP contribution in [0.25, 0.3) is 0 Å². The normalized spacial score (nSPS) is 16.2. The summed E-state index contributed by atoms with van der Waals surface area (Å²) in [5, 5.41) is 13.0. The molecule has 96 valence electrons. The minimum atomic E-state index is 0.500. The summed E-state index contributed by atoms with van der Waals surface area (Å²) in [6.07, 6.45) is 5.62. The summed E-state index contributed by atoms with van der Waals surface area (Å²) in [5.74, 6) is 1.24. The molecular formula is C12H16N4OS. The second-order valence-corrected chi connectivity index (χ2v) is 4.94. The first-order valence-electron chi connectivity index (χ1n) is 5.96. The predicted molar refractivity (Wildman–Crippen MR) is 70.6 cm³/mol. The van der Waals surface area contributed by atoms with E-state index in [9.17, 15) is 0 Å². The second kappa shape index (κ2) is 6.57. The highest BCUT2D eigenvalue weighted by Crippen LogP contribution is 2.19. The van der Waals surface area contributed by atoms with Gasteiger partial charge in [0.15, 0.2) is 5.16 Å². The molecule has 5 nitrogen and oxygen atoms in total. The third-order valence-corrected chi connectivity index (χ3v) is 3.53. The lowest BCUT2D eigenvalue weighted by atomic mass is 10.0. The van der Waals surface area contributed by atoms with E-state index in [0.717, 1.165) is 32.6 Å². The molecule has 0 unspecified atom stereocenters. The zero-order valence-corrected chi connectivity index (χ0v) is 11.2. The van der Waals surface area contributed by atoms with Crippen molar-refractivity contribution in [3.8, 4) is 6.07 Å². The Morgan fingerprint density at radius 3 is 3.00 bits per heavy atom. The molecule has 0 radical (unpaired) electrons. The van der Waals surface area contributed by atoms with Crippen molar-refractivity contribution in [1.29, 1.82) is 5.26 Å². The smallest absolute Gasteiger partial charge is 0.189 e. The van der Waals surface area contributed by atoms with Crippen LogP contribution >= 0.6 is 11.8 Å². The van der Waals surface area contributed by atoms with Crippen LogP contribution in [0.3, 0.4) is 0 Å². The fraction of sp³-hybridized carbons (Fsp3) is 0.583. The molecule has 1 aliphatic heterocycles. The fourth-order valence-electron chi connectivity index (χ4n) is 1.87. The van der Waals surface area contributed by atoms with Crippen molar-refractivity contribution in [3.63, 3.8) is 0 Å². The lowest BCUT2D eigenvalue weighted by Crippen LogP contribution is -2.23. The lowest BCUT2D eigenvalue weighted by molar-refractivity contribution is 0.0699. The molecule has 1 aromatic rings. The number of thioether (sulfide) groups is 1. The van der Waals surface area contributed by atoms with Gasteiger partial charge in [-0.2, -0.15) is 5.26 Å². The second-order valence-electron chi connectivity index (χ2n) is 4.17. The van der Waals surface area contributed by atoms with Crippen LogP contribution in [0.4, 0.5) is 5.82 Å². The van der Waals surface area contributed by atoms with Crippen LogP contribution in [0, 0.1) is 17.2 Å². The van der Waals surface area contributed by atoms with Gasteiger partial charge in [-0.05, 0) is 25.0 Å². The number of ether oxygens (including phenoxy) is 1. The molecular weight excluding hydrogens is 248 g/mol. The molecule has 1 aliphatic rings. The van der Waals surface area contributed by atoms with E-state index in [1.54, 1.807) is 6.20 Å². The Morgan fingerprint density at radius 1 is 1.56 bits per heavy atom. The molecule has 2 rings (SSSR count). The molecule has 0 aromatic carbocycles. The van der Waals surface area contributed by atoms with Crippen molar-refractivity contribution in [2.45, 2.75) is 18.0 Å². The van der Waals surface area contributed by atoms with E-state index in [-0.39, 0.29) is 0 Å². The van der Waals surface area contributed by atoms with Crippen molar-refractivity contribution in [1.82, 2.24) is 9.97 Å². The van der Waals surface area contributed by atoms with Crippen LogP contribution in [-0.2, 0) is 4.74 Å². The van der Waals surface area contributed by atoms with Crippen molar-refractivity contribution in [2.75, 3.05) is 31.3 Å².